The van der Waals surface area contributed by atoms with E-state index in [9.17, 15) is 0 Å². The average molecular weight is 198 g/mol. The molecule has 0 spiro atoms. The van der Waals surface area contributed by atoms with Gasteiger partial charge in [-0.25, -0.2) is 0 Å². The van der Waals surface area contributed by atoms with Crippen molar-refractivity contribution in [3.8, 4) is 0 Å². The smallest absolute Gasteiger partial charge is 0.159 e. The summed E-state index contributed by atoms with van der Waals surface area (Å²) in [5, 5.41) is 1.29. The first-order valence-corrected chi connectivity index (χ1v) is 5.98. The standard InChI is InChI=1S/C10H18N2S/c1-10(2,3)8-6-12(7-8)9-11-4-5-13-9/h8H,4-7H2,1-3H3. The number of nitrogens with zero attached hydrogens (tertiary/aromatic N) is 2. The molecule has 0 unspecified atom stereocenters. The van der Waals surface area contributed by atoms with E-state index < -0.39 is 0 Å². The molecule has 0 amide bonds. The zero-order valence-corrected chi connectivity index (χ0v) is 9.52. The van der Waals surface area contributed by atoms with E-state index in [0.29, 0.717) is 5.41 Å². The van der Waals surface area contributed by atoms with Crippen LogP contribution in [-0.2, 0) is 0 Å². The molecular weight excluding hydrogens is 180 g/mol. The van der Waals surface area contributed by atoms with E-state index in [1.165, 1.54) is 24.0 Å². The van der Waals surface area contributed by atoms with Gasteiger partial charge in [0.1, 0.15) is 0 Å². The maximum Gasteiger partial charge on any atom is 0.159 e. The predicted molar refractivity (Wildman–Crippen MR) is 59.3 cm³/mol. The second-order valence-corrected chi connectivity index (χ2v) is 6.04. The lowest BCUT2D eigenvalue weighted by Crippen LogP contribution is -2.53. The summed E-state index contributed by atoms with van der Waals surface area (Å²) >= 11 is 1.91. The van der Waals surface area contributed by atoms with Gasteiger partial charge in [0.05, 0.1) is 6.54 Å². The van der Waals surface area contributed by atoms with Gasteiger partial charge in [-0.3, -0.25) is 4.99 Å². The van der Waals surface area contributed by atoms with Crippen LogP contribution < -0.4 is 0 Å². The van der Waals surface area contributed by atoms with E-state index >= 15 is 0 Å². The zero-order chi connectivity index (χ0) is 9.47. The molecule has 3 heteroatoms. The van der Waals surface area contributed by atoms with Crippen LogP contribution in [0.25, 0.3) is 0 Å². The minimum Gasteiger partial charge on any atom is -0.351 e. The number of rotatable bonds is 0. The second kappa shape index (κ2) is 3.19. The lowest BCUT2D eigenvalue weighted by Gasteiger charge is -2.47. The van der Waals surface area contributed by atoms with Crippen LogP contribution in [-0.4, -0.2) is 35.5 Å². The Kier molecular flexibility index (Phi) is 2.30. The van der Waals surface area contributed by atoms with Crippen LogP contribution in [0.5, 0.6) is 0 Å². The summed E-state index contributed by atoms with van der Waals surface area (Å²) < 4.78 is 0. The first kappa shape index (κ1) is 9.38. The third-order valence-electron chi connectivity index (χ3n) is 2.95. The first-order valence-electron chi connectivity index (χ1n) is 4.99. The Balaban J connectivity index is 1.84. The lowest BCUT2D eigenvalue weighted by molar-refractivity contribution is 0.0813. The van der Waals surface area contributed by atoms with E-state index in [4.69, 9.17) is 0 Å². The van der Waals surface area contributed by atoms with Crippen molar-refractivity contribution in [3.05, 3.63) is 0 Å². The average Bonchev–Trinajstić information content (AvgIpc) is 2.31. The molecule has 0 aromatic carbocycles. The Morgan fingerprint density at radius 1 is 1.38 bits per heavy atom. The highest BCUT2D eigenvalue weighted by atomic mass is 32.2. The Bertz CT molecular complexity index is 224. The Labute approximate surface area is 84.8 Å². The van der Waals surface area contributed by atoms with Gasteiger partial charge in [-0.1, -0.05) is 32.5 Å². The molecule has 2 aliphatic rings. The van der Waals surface area contributed by atoms with Gasteiger partial charge < -0.3 is 4.90 Å². The maximum absolute atomic E-state index is 4.48. The van der Waals surface area contributed by atoms with Gasteiger partial charge in [-0.15, -0.1) is 0 Å². The van der Waals surface area contributed by atoms with Crippen molar-refractivity contribution in [3.63, 3.8) is 0 Å². The molecule has 74 valence electrons. The molecule has 2 nitrogen and oxygen atoms in total. The predicted octanol–water partition coefficient (Wildman–Crippen LogP) is 2.07. The molecule has 13 heavy (non-hydrogen) atoms. The maximum atomic E-state index is 4.48. The van der Waals surface area contributed by atoms with Crippen molar-refractivity contribution in [2.24, 2.45) is 16.3 Å². The molecule has 0 N–H and O–H groups in total. The summed E-state index contributed by atoms with van der Waals surface area (Å²) in [5.74, 6) is 2.04. The summed E-state index contributed by atoms with van der Waals surface area (Å²) in [6.45, 7) is 10.5. The molecule has 0 aromatic rings. The summed E-state index contributed by atoms with van der Waals surface area (Å²) in [5.41, 5.74) is 0.473. The van der Waals surface area contributed by atoms with Crippen LogP contribution in [0.4, 0.5) is 0 Å². The van der Waals surface area contributed by atoms with E-state index in [1.807, 2.05) is 11.8 Å². The minimum atomic E-state index is 0.473. The number of amidine groups is 1. The van der Waals surface area contributed by atoms with Crippen molar-refractivity contribution in [2.75, 3.05) is 25.4 Å². The van der Waals surface area contributed by atoms with Gasteiger partial charge in [-0.2, -0.15) is 0 Å². The van der Waals surface area contributed by atoms with Gasteiger partial charge >= 0.3 is 0 Å². The van der Waals surface area contributed by atoms with Crippen molar-refractivity contribution in [1.82, 2.24) is 4.90 Å². The summed E-state index contributed by atoms with van der Waals surface area (Å²) in [4.78, 5) is 6.90. The minimum absolute atomic E-state index is 0.473. The molecule has 2 rings (SSSR count). The van der Waals surface area contributed by atoms with E-state index in [0.717, 1.165) is 12.5 Å². The number of aliphatic imine (C=N–C) groups is 1. The van der Waals surface area contributed by atoms with Crippen molar-refractivity contribution < 1.29 is 0 Å². The fraction of sp³-hybridized carbons (Fsp3) is 0.900. The highest BCUT2D eigenvalue weighted by Crippen LogP contribution is 2.35. The van der Waals surface area contributed by atoms with Crippen LogP contribution in [0.3, 0.4) is 0 Å². The molecule has 0 bridgehead atoms. The fourth-order valence-electron chi connectivity index (χ4n) is 1.70. The third kappa shape index (κ3) is 1.85. The van der Waals surface area contributed by atoms with E-state index in [1.54, 1.807) is 0 Å². The molecule has 2 heterocycles. The Morgan fingerprint density at radius 2 is 2.08 bits per heavy atom. The third-order valence-corrected chi connectivity index (χ3v) is 3.98. The Hall–Kier alpha value is -0.180. The molecule has 1 saturated heterocycles. The number of hydrogen-bond donors (Lipinski definition) is 0. The summed E-state index contributed by atoms with van der Waals surface area (Å²) in [7, 11) is 0. The van der Waals surface area contributed by atoms with E-state index in [2.05, 4.69) is 30.7 Å². The molecule has 0 saturated carbocycles. The van der Waals surface area contributed by atoms with Gasteiger partial charge in [0.15, 0.2) is 5.17 Å². The molecule has 2 aliphatic heterocycles. The van der Waals surface area contributed by atoms with Gasteiger partial charge in [0, 0.05) is 18.8 Å². The van der Waals surface area contributed by atoms with Crippen LogP contribution in [0.1, 0.15) is 20.8 Å². The van der Waals surface area contributed by atoms with Crippen LogP contribution in [0, 0.1) is 11.3 Å². The number of likely N-dealkylation sites (tertiary alicyclic amines) is 1. The van der Waals surface area contributed by atoms with Crippen molar-refractivity contribution >= 4 is 16.9 Å². The SMILES string of the molecule is CC(C)(C)C1CN(C2=NCCS2)C1. The molecule has 0 radical (unpaired) electrons. The van der Waals surface area contributed by atoms with E-state index in [-0.39, 0.29) is 0 Å². The van der Waals surface area contributed by atoms with Crippen molar-refractivity contribution in [2.45, 2.75) is 20.8 Å². The second-order valence-electron chi connectivity index (χ2n) is 4.98. The zero-order valence-electron chi connectivity index (χ0n) is 8.71. The Morgan fingerprint density at radius 3 is 2.54 bits per heavy atom. The van der Waals surface area contributed by atoms with Gasteiger partial charge in [0.25, 0.3) is 0 Å². The largest absolute Gasteiger partial charge is 0.351 e. The van der Waals surface area contributed by atoms with Crippen LogP contribution in [0.15, 0.2) is 4.99 Å². The summed E-state index contributed by atoms with van der Waals surface area (Å²) in [6.07, 6.45) is 0. The first-order chi connectivity index (χ1) is 6.07. The highest BCUT2D eigenvalue weighted by molar-refractivity contribution is 8.14. The normalized spacial score (nSPS) is 24.5. The lowest BCUT2D eigenvalue weighted by atomic mass is 9.76. The quantitative estimate of drug-likeness (QED) is 0.592. The molecular formula is C10H18N2S. The van der Waals surface area contributed by atoms with Crippen LogP contribution >= 0.6 is 11.8 Å². The van der Waals surface area contributed by atoms with Crippen molar-refractivity contribution in [1.29, 1.82) is 0 Å². The summed E-state index contributed by atoms with van der Waals surface area (Å²) in [6, 6.07) is 0. The number of thioether (sulfide) groups is 1. The molecule has 0 aliphatic carbocycles. The number of hydrogen-bond acceptors (Lipinski definition) is 3. The van der Waals surface area contributed by atoms with Gasteiger partial charge in [0.2, 0.25) is 0 Å². The molecule has 0 atom stereocenters. The van der Waals surface area contributed by atoms with Crippen LogP contribution in [0.2, 0.25) is 0 Å². The monoisotopic (exact) mass is 198 g/mol. The highest BCUT2D eigenvalue weighted by Gasteiger charge is 2.37. The topological polar surface area (TPSA) is 15.6 Å². The molecule has 0 aromatic heterocycles. The molecule has 1 fully saturated rings. The van der Waals surface area contributed by atoms with Gasteiger partial charge in [-0.05, 0) is 11.3 Å². The fourth-order valence-corrected chi connectivity index (χ4v) is 2.58.